The Labute approximate surface area is 247 Å². The van der Waals surface area contributed by atoms with Crippen LogP contribution in [0.2, 0.25) is 0 Å². The van der Waals surface area contributed by atoms with Gasteiger partial charge in [-0.25, -0.2) is 19.7 Å². The van der Waals surface area contributed by atoms with E-state index in [9.17, 15) is 4.79 Å². The van der Waals surface area contributed by atoms with Crippen molar-refractivity contribution >= 4 is 44.4 Å². The summed E-state index contributed by atoms with van der Waals surface area (Å²) in [5.74, 6) is 8.54. The van der Waals surface area contributed by atoms with Gasteiger partial charge >= 0.3 is 6.09 Å². The van der Waals surface area contributed by atoms with E-state index in [0.29, 0.717) is 47.6 Å². The highest BCUT2D eigenvalue weighted by molar-refractivity contribution is 9.10. The maximum atomic E-state index is 12.3. The van der Waals surface area contributed by atoms with Crippen LogP contribution in [0.15, 0.2) is 59.7 Å². The molecule has 4 aromatic heterocycles. The van der Waals surface area contributed by atoms with Gasteiger partial charge in [0.25, 0.3) is 0 Å². The third kappa shape index (κ3) is 8.78. The summed E-state index contributed by atoms with van der Waals surface area (Å²) < 4.78 is 17.7. The lowest BCUT2D eigenvalue weighted by molar-refractivity contribution is 0.0635. The summed E-state index contributed by atoms with van der Waals surface area (Å²) in [6.07, 6.45) is 7.65. The number of anilines is 2. The van der Waals surface area contributed by atoms with Gasteiger partial charge < -0.3 is 19.5 Å². The first-order valence-electron chi connectivity index (χ1n) is 13.0. The van der Waals surface area contributed by atoms with Crippen LogP contribution in [0, 0.1) is 11.8 Å². The van der Waals surface area contributed by atoms with Gasteiger partial charge in [-0.15, -0.1) is 0 Å². The van der Waals surface area contributed by atoms with Crippen LogP contribution in [0.5, 0.6) is 11.6 Å². The van der Waals surface area contributed by atoms with Gasteiger partial charge in [-0.3, -0.25) is 10.3 Å². The number of unbranched alkanes of at least 4 members (excludes halogenated alkanes) is 1. The Morgan fingerprint density at radius 3 is 2.51 bits per heavy atom. The summed E-state index contributed by atoms with van der Waals surface area (Å²) in [7, 11) is 1.78. The average Bonchev–Trinajstić information content (AvgIpc) is 2.93. The molecule has 0 saturated heterocycles. The predicted octanol–water partition coefficient (Wildman–Crippen LogP) is 6.21. The van der Waals surface area contributed by atoms with E-state index < -0.39 is 11.7 Å². The number of carbonyl (C=O) groups excluding carboxylic acids is 1. The molecule has 0 fully saturated rings. The van der Waals surface area contributed by atoms with Crippen molar-refractivity contribution in [1.29, 1.82) is 0 Å². The Morgan fingerprint density at radius 1 is 0.976 bits per heavy atom. The molecular weight excluding hydrogens is 588 g/mol. The minimum Gasteiger partial charge on any atom is -0.491 e. The van der Waals surface area contributed by atoms with Crippen LogP contribution in [0.1, 0.15) is 44.7 Å². The molecule has 0 aliphatic heterocycles. The second kappa shape index (κ2) is 13.8. The molecule has 0 aromatic carbocycles. The normalized spacial score (nSPS) is 10.9. The molecule has 0 aliphatic rings. The maximum Gasteiger partial charge on any atom is 0.413 e. The monoisotopic (exact) mass is 618 g/mol. The first kappa shape index (κ1) is 29.6. The van der Waals surface area contributed by atoms with Crippen molar-refractivity contribution < 1.29 is 19.0 Å². The van der Waals surface area contributed by atoms with Crippen molar-refractivity contribution in [2.45, 2.75) is 39.2 Å². The number of rotatable bonds is 9. The van der Waals surface area contributed by atoms with Gasteiger partial charge in [0.15, 0.2) is 5.75 Å². The average molecular weight is 620 g/mol. The molecule has 0 spiro atoms. The Balaban J connectivity index is 1.45. The number of nitrogens with one attached hydrogen (secondary N) is 2. The van der Waals surface area contributed by atoms with Crippen molar-refractivity contribution in [3.8, 4) is 23.5 Å². The molecule has 4 heterocycles. The third-order valence-electron chi connectivity index (χ3n) is 5.49. The fraction of sp³-hybridized carbons (Fsp3) is 0.300. The number of amides is 1. The topological polar surface area (TPSA) is 120 Å². The van der Waals surface area contributed by atoms with Crippen molar-refractivity contribution in [2.75, 3.05) is 30.9 Å². The van der Waals surface area contributed by atoms with E-state index >= 15 is 0 Å². The van der Waals surface area contributed by atoms with Crippen LogP contribution < -0.4 is 20.1 Å². The van der Waals surface area contributed by atoms with Crippen molar-refractivity contribution in [3.63, 3.8) is 0 Å². The van der Waals surface area contributed by atoms with Crippen LogP contribution >= 0.6 is 15.9 Å². The molecule has 11 heteroatoms. The molecule has 2 N–H and O–H groups in total. The van der Waals surface area contributed by atoms with Crippen LogP contribution in [-0.2, 0) is 4.74 Å². The fourth-order valence-corrected chi connectivity index (χ4v) is 4.00. The van der Waals surface area contributed by atoms with Crippen LogP contribution in [-0.4, -0.2) is 51.9 Å². The lowest BCUT2D eigenvalue weighted by Crippen LogP contribution is -2.27. The van der Waals surface area contributed by atoms with Gasteiger partial charge in [0.1, 0.15) is 21.8 Å². The summed E-state index contributed by atoms with van der Waals surface area (Å²) in [5, 5.41) is 7.29. The number of hydrogen-bond donors (Lipinski definition) is 2. The third-order valence-corrected chi connectivity index (χ3v) is 5.93. The van der Waals surface area contributed by atoms with E-state index in [1.54, 1.807) is 64.7 Å². The molecular formula is C30H31BrN6O4. The smallest absolute Gasteiger partial charge is 0.413 e. The number of ether oxygens (including phenoxy) is 3. The van der Waals surface area contributed by atoms with Gasteiger partial charge in [-0.1, -0.05) is 17.9 Å². The van der Waals surface area contributed by atoms with Gasteiger partial charge in [-0.05, 0) is 67.7 Å². The number of halogens is 1. The van der Waals surface area contributed by atoms with Crippen molar-refractivity contribution in [3.05, 3.63) is 70.8 Å². The number of aromatic nitrogens is 4. The van der Waals surface area contributed by atoms with Crippen LogP contribution in [0.3, 0.4) is 0 Å². The lowest BCUT2D eigenvalue weighted by Gasteiger charge is -2.19. The van der Waals surface area contributed by atoms with E-state index in [0.717, 1.165) is 28.2 Å². The first-order valence-corrected chi connectivity index (χ1v) is 13.8. The summed E-state index contributed by atoms with van der Waals surface area (Å²) >= 11 is 3.34. The Hall–Kier alpha value is -4.43. The fourth-order valence-electron chi connectivity index (χ4n) is 3.68. The molecule has 0 unspecified atom stereocenters. The van der Waals surface area contributed by atoms with E-state index in [1.807, 2.05) is 18.2 Å². The predicted molar refractivity (Wildman–Crippen MR) is 161 cm³/mol. The standard InChI is InChI=1S/C30H31BrN6O4/c1-30(2,3)41-29(38)37-26-16-22-21(17-35-28(32-4)23(22)18-34-26)11-10-20-12-13-33-19-24(20)39-14-5-6-15-40-27-9-7-8-25(31)36-27/h7-9,12-13,16-19H,5-6,14-15H2,1-4H3,(H,32,35)(H,34,37,38). The molecule has 1 amide bonds. The molecule has 41 heavy (non-hydrogen) atoms. The summed E-state index contributed by atoms with van der Waals surface area (Å²) in [6.45, 7) is 6.42. The van der Waals surface area contributed by atoms with Crippen molar-refractivity contribution in [2.24, 2.45) is 0 Å². The minimum atomic E-state index is -0.629. The number of carbonyl (C=O) groups is 1. The number of pyridine rings is 4. The zero-order valence-corrected chi connectivity index (χ0v) is 24.9. The number of hydrogen-bond acceptors (Lipinski definition) is 9. The second-order valence-electron chi connectivity index (χ2n) is 9.84. The molecule has 0 aliphatic carbocycles. The highest BCUT2D eigenvalue weighted by Gasteiger charge is 2.17. The van der Waals surface area contributed by atoms with Gasteiger partial charge in [-0.2, -0.15) is 0 Å². The molecule has 0 atom stereocenters. The summed E-state index contributed by atoms with van der Waals surface area (Å²) in [4.78, 5) is 29.6. The molecule has 4 aromatic rings. The van der Waals surface area contributed by atoms with Crippen LogP contribution in [0.4, 0.5) is 16.4 Å². The summed E-state index contributed by atoms with van der Waals surface area (Å²) in [6, 6.07) is 9.11. The molecule has 0 bridgehead atoms. The van der Waals surface area contributed by atoms with Crippen molar-refractivity contribution in [1.82, 2.24) is 19.9 Å². The van der Waals surface area contributed by atoms with Gasteiger partial charge in [0, 0.05) is 42.5 Å². The largest absolute Gasteiger partial charge is 0.491 e. The minimum absolute atomic E-state index is 0.343. The molecule has 0 radical (unpaired) electrons. The zero-order chi connectivity index (χ0) is 29.2. The number of fused-ring (bicyclic) bond motifs is 1. The molecule has 212 valence electrons. The second-order valence-corrected chi connectivity index (χ2v) is 10.6. The Morgan fingerprint density at radius 2 is 1.76 bits per heavy atom. The Bertz CT molecular complexity index is 1580. The van der Waals surface area contributed by atoms with Gasteiger partial charge in [0.05, 0.1) is 30.5 Å². The summed E-state index contributed by atoms with van der Waals surface area (Å²) in [5.41, 5.74) is 0.729. The van der Waals surface area contributed by atoms with E-state index in [1.165, 1.54) is 0 Å². The van der Waals surface area contributed by atoms with E-state index in [4.69, 9.17) is 14.2 Å². The lowest BCUT2D eigenvalue weighted by atomic mass is 10.1. The first-order chi connectivity index (χ1) is 19.7. The number of nitrogens with zero attached hydrogens (tertiary/aromatic N) is 4. The molecule has 10 nitrogen and oxygen atoms in total. The zero-order valence-electron chi connectivity index (χ0n) is 23.3. The Kier molecular flexibility index (Phi) is 9.92. The highest BCUT2D eigenvalue weighted by atomic mass is 79.9. The quantitative estimate of drug-likeness (QED) is 0.128. The van der Waals surface area contributed by atoms with Crippen LogP contribution in [0.25, 0.3) is 10.8 Å². The van der Waals surface area contributed by atoms with E-state index in [-0.39, 0.29) is 0 Å². The van der Waals surface area contributed by atoms with E-state index in [2.05, 4.69) is 58.3 Å². The molecule has 0 saturated carbocycles. The SMILES string of the molecule is CNc1ncc(C#Cc2ccncc2OCCCCOc2cccc(Br)n2)c2cc(NC(=O)OC(C)(C)C)ncc12. The maximum absolute atomic E-state index is 12.3. The highest BCUT2D eigenvalue weighted by Crippen LogP contribution is 2.26. The van der Waals surface area contributed by atoms with Gasteiger partial charge in [0.2, 0.25) is 5.88 Å². The molecule has 4 rings (SSSR count).